The molecule has 0 aliphatic heterocycles. The molecule has 0 saturated carbocycles. The summed E-state index contributed by atoms with van der Waals surface area (Å²) in [5.41, 5.74) is 14.5. The highest BCUT2D eigenvalue weighted by molar-refractivity contribution is 7.99. The van der Waals surface area contributed by atoms with Gasteiger partial charge < -0.3 is 11.5 Å². The highest BCUT2D eigenvalue weighted by atomic mass is 32.2. The Kier molecular flexibility index (Phi) is 3.39. The molecule has 4 N–H and O–H groups in total. The second kappa shape index (κ2) is 4.15. The van der Waals surface area contributed by atoms with Crippen LogP contribution in [0.25, 0.3) is 0 Å². The predicted octanol–water partition coefficient (Wildman–Crippen LogP) is 2.60. The van der Waals surface area contributed by atoms with Gasteiger partial charge in [-0.1, -0.05) is 0 Å². The van der Waals surface area contributed by atoms with E-state index in [1.54, 1.807) is 23.5 Å². The molecule has 1 rings (SSSR count). The summed E-state index contributed by atoms with van der Waals surface area (Å²) in [4.78, 5) is 2.16. The van der Waals surface area contributed by atoms with Gasteiger partial charge in [0.05, 0.1) is 10.6 Å². The maximum absolute atomic E-state index is 5.96. The van der Waals surface area contributed by atoms with Crippen LogP contribution >= 0.6 is 23.5 Å². The van der Waals surface area contributed by atoms with Gasteiger partial charge in [-0.3, -0.25) is 0 Å². The molecule has 4 heteroatoms. The molecule has 1 aromatic carbocycles. The molecule has 0 spiro atoms. The van der Waals surface area contributed by atoms with Crippen molar-refractivity contribution < 1.29 is 0 Å². The number of nitrogens with two attached hydrogens (primary N) is 2. The quantitative estimate of drug-likeness (QED) is 0.587. The summed E-state index contributed by atoms with van der Waals surface area (Å²) < 4.78 is 0. The second-order valence-electron chi connectivity index (χ2n) is 2.74. The van der Waals surface area contributed by atoms with Gasteiger partial charge in [0.25, 0.3) is 0 Å². The van der Waals surface area contributed by atoms with Crippen LogP contribution in [-0.4, -0.2) is 12.5 Å². The lowest BCUT2D eigenvalue weighted by Gasteiger charge is -2.12. The van der Waals surface area contributed by atoms with Gasteiger partial charge in [0.2, 0.25) is 0 Å². The average Bonchev–Trinajstić information content (AvgIpc) is 2.12. The molecule has 0 amide bonds. The Morgan fingerprint density at radius 2 is 1.77 bits per heavy atom. The van der Waals surface area contributed by atoms with Crippen LogP contribution in [0.2, 0.25) is 0 Å². The van der Waals surface area contributed by atoms with E-state index in [9.17, 15) is 0 Å². The molecular formula is C9H14N2S2. The van der Waals surface area contributed by atoms with Gasteiger partial charge in [-0.2, -0.15) is 0 Å². The van der Waals surface area contributed by atoms with Gasteiger partial charge in [0.15, 0.2) is 0 Å². The first-order valence-corrected chi connectivity index (χ1v) is 6.33. The molecule has 0 aliphatic carbocycles. The average molecular weight is 214 g/mol. The smallest absolute Gasteiger partial charge is 0.0533 e. The van der Waals surface area contributed by atoms with Crippen molar-refractivity contribution in [2.24, 2.45) is 0 Å². The number of nitrogen functional groups attached to an aromatic ring is 2. The van der Waals surface area contributed by atoms with Crippen molar-refractivity contribution in [3.63, 3.8) is 0 Å². The van der Waals surface area contributed by atoms with E-state index in [-0.39, 0.29) is 0 Å². The lowest BCUT2D eigenvalue weighted by molar-refractivity contribution is 1.26. The monoisotopic (exact) mass is 214 g/mol. The Balaban J connectivity index is 3.37. The fraction of sp³-hybridized carbons (Fsp3) is 0.333. The van der Waals surface area contributed by atoms with Crippen LogP contribution in [0, 0.1) is 6.92 Å². The summed E-state index contributed by atoms with van der Waals surface area (Å²) in [6, 6.07) is 1.99. The number of hydrogen-bond donors (Lipinski definition) is 2. The van der Waals surface area contributed by atoms with Crippen molar-refractivity contribution in [1.29, 1.82) is 0 Å². The Bertz CT molecular complexity index is 324. The molecule has 0 radical (unpaired) electrons. The van der Waals surface area contributed by atoms with Crippen molar-refractivity contribution in [3.8, 4) is 0 Å². The molecule has 0 fully saturated rings. The summed E-state index contributed by atoms with van der Waals surface area (Å²) in [7, 11) is 0. The standard InChI is InChI=1S/C9H14N2S2/c1-5-7(12-2)4-6(10)9(13-3)8(5)11/h4H,10-11H2,1-3H3. The third-order valence-electron chi connectivity index (χ3n) is 1.99. The van der Waals surface area contributed by atoms with E-state index < -0.39 is 0 Å². The fourth-order valence-electron chi connectivity index (χ4n) is 1.21. The van der Waals surface area contributed by atoms with E-state index in [0.717, 1.165) is 26.7 Å². The zero-order chi connectivity index (χ0) is 10.0. The van der Waals surface area contributed by atoms with E-state index in [1.165, 1.54) is 0 Å². The molecule has 2 nitrogen and oxygen atoms in total. The van der Waals surface area contributed by atoms with Crippen molar-refractivity contribution in [3.05, 3.63) is 11.6 Å². The Morgan fingerprint density at radius 1 is 1.15 bits per heavy atom. The first kappa shape index (κ1) is 10.6. The molecule has 0 saturated heterocycles. The van der Waals surface area contributed by atoms with Gasteiger partial charge in [0, 0.05) is 10.6 Å². The van der Waals surface area contributed by atoms with E-state index in [2.05, 4.69) is 0 Å². The van der Waals surface area contributed by atoms with Crippen LogP contribution in [0.15, 0.2) is 15.9 Å². The zero-order valence-corrected chi connectivity index (χ0v) is 9.68. The number of rotatable bonds is 2. The van der Waals surface area contributed by atoms with Crippen molar-refractivity contribution in [2.45, 2.75) is 16.7 Å². The molecule has 0 aromatic heterocycles. The van der Waals surface area contributed by atoms with Crippen LogP contribution in [0.5, 0.6) is 0 Å². The van der Waals surface area contributed by atoms with E-state index in [1.807, 2.05) is 25.5 Å². The number of hydrogen-bond acceptors (Lipinski definition) is 4. The maximum atomic E-state index is 5.96. The minimum absolute atomic E-state index is 0.778. The van der Waals surface area contributed by atoms with E-state index in [4.69, 9.17) is 11.5 Å². The molecule has 0 aliphatic rings. The van der Waals surface area contributed by atoms with E-state index >= 15 is 0 Å². The van der Waals surface area contributed by atoms with Crippen LogP contribution in [0.4, 0.5) is 11.4 Å². The largest absolute Gasteiger partial charge is 0.398 e. The van der Waals surface area contributed by atoms with Crippen LogP contribution < -0.4 is 11.5 Å². The van der Waals surface area contributed by atoms with Crippen LogP contribution in [-0.2, 0) is 0 Å². The minimum Gasteiger partial charge on any atom is -0.398 e. The summed E-state index contributed by atoms with van der Waals surface area (Å²) in [5, 5.41) is 0. The first-order valence-electron chi connectivity index (χ1n) is 3.88. The third-order valence-corrected chi connectivity index (χ3v) is 3.72. The van der Waals surface area contributed by atoms with Crippen molar-refractivity contribution >= 4 is 34.9 Å². The summed E-state index contributed by atoms with van der Waals surface area (Å²) in [5.74, 6) is 0. The van der Waals surface area contributed by atoms with Crippen LogP contribution in [0.3, 0.4) is 0 Å². The lowest BCUT2D eigenvalue weighted by Crippen LogP contribution is -1.99. The molecule has 0 atom stereocenters. The Hall–Kier alpha value is -0.480. The predicted molar refractivity (Wildman–Crippen MR) is 63.6 cm³/mol. The summed E-state index contributed by atoms with van der Waals surface area (Å²) in [6.45, 7) is 2.03. The summed E-state index contributed by atoms with van der Waals surface area (Å²) in [6.07, 6.45) is 4.01. The molecule has 0 unspecified atom stereocenters. The van der Waals surface area contributed by atoms with Gasteiger partial charge in [-0.15, -0.1) is 23.5 Å². The molecule has 72 valence electrons. The molecule has 13 heavy (non-hydrogen) atoms. The van der Waals surface area contributed by atoms with Gasteiger partial charge in [0.1, 0.15) is 0 Å². The lowest BCUT2D eigenvalue weighted by atomic mass is 10.2. The maximum Gasteiger partial charge on any atom is 0.0533 e. The molecular weight excluding hydrogens is 200 g/mol. The minimum atomic E-state index is 0.778. The summed E-state index contributed by atoms with van der Waals surface area (Å²) >= 11 is 3.27. The molecule has 0 heterocycles. The van der Waals surface area contributed by atoms with Gasteiger partial charge >= 0.3 is 0 Å². The number of anilines is 2. The molecule has 0 bridgehead atoms. The van der Waals surface area contributed by atoms with Gasteiger partial charge in [-0.05, 0) is 31.1 Å². The van der Waals surface area contributed by atoms with E-state index in [0.29, 0.717) is 0 Å². The Labute approximate surface area is 87.5 Å². The number of benzene rings is 1. The highest BCUT2D eigenvalue weighted by Gasteiger charge is 2.09. The topological polar surface area (TPSA) is 52.0 Å². The highest BCUT2D eigenvalue weighted by Crippen LogP contribution is 2.37. The van der Waals surface area contributed by atoms with Crippen LogP contribution in [0.1, 0.15) is 5.56 Å². The fourth-order valence-corrected chi connectivity index (χ4v) is 2.54. The molecule has 1 aromatic rings. The SMILES string of the molecule is CSc1cc(N)c(SC)c(N)c1C. The first-order chi connectivity index (χ1) is 6.11. The third kappa shape index (κ3) is 1.89. The van der Waals surface area contributed by atoms with Gasteiger partial charge in [-0.25, -0.2) is 0 Å². The van der Waals surface area contributed by atoms with Crippen molar-refractivity contribution in [1.82, 2.24) is 0 Å². The van der Waals surface area contributed by atoms with Crippen molar-refractivity contribution in [2.75, 3.05) is 24.0 Å². The number of thioether (sulfide) groups is 2. The Morgan fingerprint density at radius 3 is 2.23 bits per heavy atom. The second-order valence-corrected chi connectivity index (χ2v) is 4.40. The normalized spacial score (nSPS) is 10.4. The zero-order valence-electron chi connectivity index (χ0n) is 8.05.